The van der Waals surface area contributed by atoms with E-state index < -0.39 is 17.6 Å². The van der Waals surface area contributed by atoms with Crippen molar-refractivity contribution in [2.45, 2.75) is 44.6 Å². The van der Waals surface area contributed by atoms with Crippen LogP contribution in [0.1, 0.15) is 47.1 Å². The molecule has 0 radical (unpaired) electrons. The molecule has 1 aromatic heterocycles. The Kier molecular flexibility index (Phi) is 6.83. The van der Waals surface area contributed by atoms with E-state index in [2.05, 4.69) is 4.57 Å². The van der Waals surface area contributed by atoms with Crippen LogP contribution >= 0.6 is 11.6 Å². The molecule has 1 N–H and O–H groups in total. The predicted octanol–water partition coefficient (Wildman–Crippen LogP) is 7.61. The van der Waals surface area contributed by atoms with Crippen LogP contribution in [0.15, 0.2) is 78.9 Å². The summed E-state index contributed by atoms with van der Waals surface area (Å²) >= 11 is 5.96. The van der Waals surface area contributed by atoms with Crippen molar-refractivity contribution in [3.05, 3.63) is 112 Å². The number of carboxylic acid groups (broad SMARTS) is 1. The largest absolute Gasteiger partial charge is 0.478 e. The van der Waals surface area contributed by atoms with Crippen molar-refractivity contribution in [2.24, 2.45) is 0 Å². The van der Waals surface area contributed by atoms with Crippen LogP contribution in [0.5, 0.6) is 11.5 Å². The van der Waals surface area contributed by atoms with Crippen molar-refractivity contribution in [1.29, 1.82) is 0 Å². The number of benzene rings is 4. The van der Waals surface area contributed by atoms with Crippen molar-refractivity contribution in [1.82, 2.24) is 9.55 Å². The fraction of sp³-hybridized carbons (Fsp3) is 0.235. The Labute approximate surface area is 252 Å². The Balaban J connectivity index is 1.18. The van der Waals surface area contributed by atoms with Crippen LogP contribution in [0, 0.1) is 5.82 Å². The Morgan fingerprint density at radius 3 is 2.67 bits per heavy atom. The number of para-hydroxylation sites is 1. The topological polar surface area (TPSA) is 82.8 Å². The van der Waals surface area contributed by atoms with Gasteiger partial charge in [-0.2, -0.15) is 0 Å². The standard InChI is InChI=1S/C34H28ClFN2O5/c1-34(26-13-12-23(35)18-27(26)36)42-30-6-2-5-25(32(30)43-34)21-9-7-20(8-10-21)16-31-37-28-14-11-22(33(39)40)17-29(28)38(31)19-24-4-3-15-41-24/h2,5-14,17-18,24H,3-4,15-16,19H2,1H3,(H,39,40)/t24-,34?/m0/s1. The number of aromatic nitrogens is 2. The van der Waals surface area contributed by atoms with Crippen molar-refractivity contribution in [3.8, 4) is 22.6 Å². The van der Waals surface area contributed by atoms with E-state index in [9.17, 15) is 14.3 Å². The lowest BCUT2D eigenvalue weighted by Crippen LogP contribution is -2.32. The number of carboxylic acids is 1. The average Bonchev–Trinajstić information content (AvgIpc) is 3.71. The molecular weight excluding hydrogens is 571 g/mol. The molecule has 43 heavy (non-hydrogen) atoms. The van der Waals surface area contributed by atoms with Crippen LogP contribution in [0.25, 0.3) is 22.2 Å². The Bertz CT molecular complexity index is 1870. The molecule has 7 nitrogen and oxygen atoms in total. The normalized spacial score (nSPS) is 19.3. The first-order valence-electron chi connectivity index (χ1n) is 14.2. The second kappa shape index (κ2) is 10.7. The van der Waals surface area contributed by atoms with Gasteiger partial charge in [0.05, 0.1) is 34.8 Å². The monoisotopic (exact) mass is 598 g/mol. The van der Waals surface area contributed by atoms with Gasteiger partial charge in [0.25, 0.3) is 5.79 Å². The first-order valence-corrected chi connectivity index (χ1v) is 14.6. The number of halogens is 2. The lowest BCUT2D eigenvalue weighted by atomic mass is 10.0. The molecule has 1 fully saturated rings. The Morgan fingerprint density at radius 1 is 1.09 bits per heavy atom. The van der Waals surface area contributed by atoms with Crippen LogP contribution in [-0.4, -0.2) is 33.3 Å². The molecular formula is C34H28ClFN2O5. The van der Waals surface area contributed by atoms with Gasteiger partial charge in [-0.05, 0) is 66.4 Å². The average molecular weight is 599 g/mol. The van der Waals surface area contributed by atoms with Gasteiger partial charge in [-0.25, -0.2) is 14.2 Å². The van der Waals surface area contributed by atoms with Gasteiger partial charge in [-0.1, -0.05) is 48.0 Å². The molecule has 9 heteroatoms. The lowest BCUT2D eigenvalue weighted by Gasteiger charge is -2.24. The van der Waals surface area contributed by atoms with Gasteiger partial charge in [0.1, 0.15) is 11.6 Å². The number of hydrogen-bond acceptors (Lipinski definition) is 5. The van der Waals surface area contributed by atoms with Crippen LogP contribution in [0.3, 0.4) is 0 Å². The minimum Gasteiger partial charge on any atom is -0.478 e. The van der Waals surface area contributed by atoms with Crippen LogP contribution in [-0.2, 0) is 23.5 Å². The van der Waals surface area contributed by atoms with Crippen molar-refractivity contribution >= 4 is 28.6 Å². The third kappa shape index (κ3) is 5.11. The summed E-state index contributed by atoms with van der Waals surface area (Å²) in [7, 11) is 0. The zero-order chi connectivity index (χ0) is 29.7. The summed E-state index contributed by atoms with van der Waals surface area (Å²) < 4.78 is 35.2. The smallest absolute Gasteiger partial charge is 0.335 e. The molecule has 4 aromatic carbocycles. The Hall–Kier alpha value is -4.40. The number of nitrogens with zero attached hydrogens (tertiary/aromatic N) is 2. The lowest BCUT2D eigenvalue weighted by molar-refractivity contribution is -0.0705. The SMILES string of the molecule is CC1(c2ccc(Cl)cc2F)Oc2cccc(-c3ccc(Cc4nc5ccc(C(=O)O)cc5n4C[C@@H]4CCCO4)cc3)c2O1. The van der Waals surface area contributed by atoms with E-state index in [0.29, 0.717) is 29.5 Å². The number of fused-ring (bicyclic) bond motifs is 2. The van der Waals surface area contributed by atoms with E-state index in [1.54, 1.807) is 43.3 Å². The zero-order valence-electron chi connectivity index (χ0n) is 23.3. The van der Waals surface area contributed by atoms with E-state index in [4.69, 9.17) is 30.8 Å². The molecule has 0 bridgehead atoms. The summed E-state index contributed by atoms with van der Waals surface area (Å²) in [4.78, 5) is 16.5. The minimum absolute atomic E-state index is 0.0708. The molecule has 0 spiro atoms. The molecule has 3 heterocycles. The van der Waals surface area contributed by atoms with Crippen molar-refractivity contribution < 1.29 is 28.5 Å². The van der Waals surface area contributed by atoms with E-state index >= 15 is 0 Å². The number of imidazole rings is 1. The van der Waals surface area contributed by atoms with Crippen molar-refractivity contribution in [2.75, 3.05) is 6.61 Å². The van der Waals surface area contributed by atoms with Gasteiger partial charge in [-0.3, -0.25) is 0 Å². The van der Waals surface area contributed by atoms with Gasteiger partial charge in [0.2, 0.25) is 0 Å². The van der Waals surface area contributed by atoms with E-state index in [-0.39, 0.29) is 17.2 Å². The molecule has 0 saturated carbocycles. The molecule has 0 amide bonds. The molecule has 1 unspecified atom stereocenters. The number of rotatable bonds is 7. The summed E-state index contributed by atoms with van der Waals surface area (Å²) in [6.07, 6.45) is 2.61. The molecule has 0 aliphatic carbocycles. The van der Waals surface area contributed by atoms with Crippen LogP contribution in [0.4, 0.5) is 4.39 Å². The maximum Gasteiger partial charge on any atom is 0.335 e. The quantitative estimate of drug-likeness (QED) is 0.208. The highest BCUT2D eigenvalue weighted by molar-refractivity contribution is 6.30. The van der Waals surface area contributed by atoms with Crippen LogP contribution in [0.2, 0.25) is 5.02 Å². The van der Waals surface area contributed by atoms with Crippen molar-refractivity contribution in [3.63, 3.8) is 0 Å². The second-order valence-electron chi connectivity index (χ2n) is 11.1. The number of carbonyl (C=O) groups is 1. The Morgan fingerprint density at radius 2 is 1.93 bits per heavy atom. The molecule has 2 aliphatic rings. The van der Waals surface area contributed by atoms with Gasteiger partial charge < -0.3 is 23.9 Å². The highest BCUT2D eigenvalue weighted by Gasteiger charge is 2.42. The zero-order valence-corrected chi connectivity index (χ0v) is 24.1. The summed E-state index contributed by atoms with van der Waals surface area (Å²) in [5.74, 6) is -0.890. The summed E-state index contributed by atoms with van der Waals surface area (Å²) in [5, 5.41) is 9.86. The highest BCUT2D eigenvalue weighted by Crippen LogP contribution is 2.49. The third-order valence-corrected chi connectivity index (χ3v) is 8.35. The van der Waals surface area contributed by atoms with Gasteiger partial charge in [0, 0.05) is 30.5 Å². The van der Waals surface area contributed by atoms with Crippen LogP contribution < -0.4 is 9.47 Å². The first-order chi connectivity index (χ1) is 20.8. The molecule has 7 rings (SSSR count). The molecule has 218 valence electrons. The van der Waals surface area contributed by atoms with Gasteiger partial charge >= 0.3 is 5.97 Å². The van der Waals surface area contributed by atoms with E-state index in [1.165, 1.54) is 6.07 Å². The third-order valence-electron chi connectivity index (χ3n) is 8.11. The summed E-state index contributed by atoms with van der Waals surface area (Å²) in [6, 6.07) is 23.2. The fourth-order valence-corrected chi connectivity index (χ4v) is 6.10. The second-order valence-corrected chi connectivity index (χ2v) is 11.5. The maximum atomic E-state index is 14.8. The minimum atomic E-state index is -1.34. The van der Waals surface area contributed by atoms with E-state index in [1.807, 2.05) is 36.4 Å². The van der Waals surface area contributed by atoms with E-state index in [0.717, 1.165) is 53.0 Å². The first kappa shape index (κ1) is 27.4. The molecule has 1 saturated heterocycles. The van der Waals surface area contributed by atoms with Gasteiger partial charge in [0.15, 0.2) is 11.5 Å². The number of hydrogen-bond donors (Lipinski definition) is 1. The predicted molar refractivity (Wildman–Crippen MR) is 160 cm³/mol. The van der Waals surface area contributed by atoms with Gasteiger partial charge in [-0.15, -0.1) is 0 Å². The molecule has 2 atom stereocenters. The number of ether oxygens (including phenoxy) is 3. The highest BCUT2D eigenvalue weighted by atomic mass is 35.5. The molecule has 5 aromatic rings. The molecule has 2 aliphatic heterocycles. The summed E-state index contributed by atoms with van der Waals surface area (Å²) in [5.41, 5.74) is 4.83. The maximum absolute atomic E-state index is 14.8. The summed E-state index contributed by atoms with van der Waals surface area (Å²) in [6.45, 7) is 3.04. The fourth-order valence-electron chi connectivity index (χ4n) is 5.94. The number of aromatic carboxylic acids is 1.